The van der Waals surface area contributed by atoms with E-state index in [1.165, 1.54) is 0 Å². The summed E-state index contributed by atoms with van der Waals surface area (Å²) in [5.41, 5.74) is 0.884. The molecule has 0 saturated carbocycles. The van der Waals surface area contributed by atoms with Gasteiger partial charge in [-0.1, -0.05) is 5.16 Å². The number of nitrogens with zero attached hydrogens (tertiary/aromatic N) is 3. The van der Waals surface area contributed by atoms with Crippen molar-refractivity contribution >= 4 is 0 Å². The van der Waals surface area contributed by atoms with Crippen molar-refractivity contribution < 1.29 is 4.52 Å². The maximum absolute atomic E-state index is 5.07. The molecule has 0 spiro atoms. The highest BCUT2D eigenvalue weighted by atomic mass is 16.5. The van der Waals surface area contributed by atoms with Crippen LogP contribution in [0.3, 0.4) is 0 Å². The zero-order valence-electron chi connectivity index (χ0n) is 7.77. The van der Waals surface area contributed by atoms with Crippen molar-refractivity contribution in [3.8, 4) is 11.5 Å². The fourth-order valence-corrected chi connectivity index (χ4v) is 1.10. The monoisotopic (exact) mass is 190 g/mol. The van der Waals surface area contributed by atoms with Gasteiger partial charge in [0.1, 0.15) is 0 Å². The zero-order valence-corrected chi connectivity index (χ0v) is 7.77. The van der Waals surface area contributed by atoms with Crippen molar-refractivity contribution in [3.05, 3.63) is 30.4 Å². The maximum Gasteiger partial charge on any atom is 0.258 e. The number of hydrogen-bond acceptors (Lipinski definition) is 5. The van der Waals surface area contributed by atoms with Crippen LogP contribution in [0.5, 0.6) is 0 Å². The summed E-state index contributed by atoms with van der Waals surface area (Å²) in [7, 11) is 1.84. The highest BCUT2D eigenvalue weighted by Crippen LogP contribution is 2.14. The lowest BCUT2D eigenvalue weighted by Crippen LogP contribution is -2.06. The second-order valence-corrected chi connectivity index (χ2v) is 2.78. The van der Waals surface area contributed by atoms with Gasteiger partial charge in [-0.05, 0) is 19.2 Å². The Labute approximate surface area is 81.2 Å². The fourth-order valence-electron chi connectivity index (χ4n) is 1.10. The molecule has 2 rings (SSSR count). The molecule has 0 amide bonds. The second kappa shape index (κ2) is 3.97. The van der Waals surface area contributed by atoms with Crippen LogP contribution in [0, 0.1) is 0 Å². The number of pyridine rings is 1. The molecule has 0 fully saturated rings. The molecule has 5 nitrogen and oxygen atoms in total. The highest BCUT2D eigenvalue weighted by Gasteiger charge is 2.06. The van der Waals surface area contributed by atoms with Crippen molar-refractivity contribution in [2.24, 2.45) is 0 Å². The Kier molecular flexibility index (Phi) is 2.51. The molecule has 0 aliphatic carbocycles. The van der Waals surface area contributed by atoms with E-state index in [1.54, 1.807) is 12.4 Å². The van der Waals surface area contributed by atoms with Crippen LogP contribution < -0.4 is 5.32 Å². The lowest BCUT2D eigenvalue weighted by Gasteiger charge is -1.90. The van der Waals surface area contributed by atoms with E-state index in [1.807, 2.05) is 19.2 Å². The van der Waals surface area contributed by atoms with E-state index in [0.717, 1.165) is 5.56 Å². The standard InChI is InChI=1S/C9H10N4O/c1-10-6-8-12-9(14-13-8)7-2-4-11-5-3-7/h2-5,10H,6H2,1H3. The molecule has 0 saturated heterocycles. The molecule has 2 aromatic rings. The predicted octanol–water partition coefficient (Wildman–Crippen LogP) is 0.851. The Morgan fingerprint density at radius 1 is 1.36 bits per heavy atom. The van der Waals surface area contributed by atoms with Crippen LogP contribution in [0.1, 0.15) is 5.82 Å². The maximum atomic E-state index is 5.07. The molecule has 0 atom stereocenters. The highest BCUT2D eigenvalue weighted by molar-refractivity contribution is 5.50. The van der Waals surface area contributed by atoms with Crippen molar-refractivity contribution in [2.75, 3.05) is 7.05 Å². The van der Waals surface area contributed by atoms with Gasteiger partial charge >= 0.3 is 0 Å². The molecule has 2 heterocycles. The smallest absolute Gasteiger partial charge is 0.258 e. The van der Waals surface area contributed by atoms with Gasteiger partial charge in [-0.25, -0.2) is 0 Å². The molecule has 5 heteroatoms. The van der Waals surface area contributed by atoms with Gasteiger partial charge in [0.15, 0.2) is 5.82 Å². The van der Waals surface area contributed by atoms with E-state index in [-0.39, 0.29) is 0 Å². The lowest BCUT2D eigenvalue weighted by molar-refractivity contribution is 0.420. The third-order valence-corrected chi connectivity index (χ3v) is 1.73. The Morgan fingerprint density at radius 2 is 2.14 bits per heavy atom. The van der Waals surface area contributed by atoms with Crippen LogP contribution in [0.15, 0.2) is 29.0 Å². The van der Waals surface area contributed by atoms with Crippen molar-refractivity contribution in [1.82, 2.24) is 20.4 Å². The third kappa shape index (κ3) is 1.77. The summed E-state index contributed by atoms with van der Waals surface area (Å²) >= 11 is 0. The first-order valence-electron chi connectivity index (χ1n) is 4.28. The Morgan fingerprint density at radius 3 is 2.86 bits per heavy atom. The molecular formula is C9H10N4O. The van der Waals surface area contributed by atoms with E-state index in [9.17, 15) is 0 Å². The van der Waals surface area contributed by atoms with E-state index >= 15 is 0 Å². The van der Waals surface area contributed by atoms with Gasteiger partial charge in [-0.15, -0.1) is 0 Å². The molecule has 0 unspecified atom stereocenters. The topological polar surface area (TPSA) is 63.8 Å². The quantitative estimate of drug-likeness (QED) is 0.777. The largest absolute Gasteiger partial charge is 0.334 e. The molecular weight excluding hydrogens is 180 g/mol. The predicted molar refractivity (Wildman–Crippen MR) is 50.3 cm³/mol. The van der Waals surface area contributed by atoms with Gasteiger partial charge in [0.05, 0.1) is 6.54 Å². The second-order valence-electron chi connectivity index (χ2n) is 2.78. The summed E-state index contributed by atoms with van der Waals surface area (Å²) in [6.45, 7) is 0.606. The first-order valence-corrected chi connectivity index (χ1v) is 4.28. The summed E-state index contributed by atoms with van der Waals surface area (Å²) in [6.07, 6.45) is 3.38. The first kappa shape index (κ1) is 8.83. The minimum atomic E-state index is 0.526. The summed E-state index contributed by atoms with van der Waals surface area (Å²) in [5.74, 6) is 1.18. The van der Waals surface area contributed by atoms with Crippen molar-refractivity contribution in [2.45, 2.75) is 6.54 Å². The molecule has 0 aromatic carbocycles. The Hall–Kier alpha value is -1.75. The lowest BCUT2D eigenvalue weighted by atomic mass is 10.3. The molecule has 2 aromatic heterocycles. The van der Waals surface area contributed by atoms with Gasteiger partial charge in [0, 0.05) is 18.0 Å². The Bertz CT molecular complexity index is 398. The number of nitrogens with one attached hydrogen (secondary N) is 1. The fraction of sp³-hybridized carbons (Fsp3) is 0.222. The molecule has 0 bridgehead atoms. The van der Waals surface area contributed by atoms with Gasteiger partial charge in [-0.3, -0.25) is 4.98 Å². The van der Waals surface area contributed by atoms with Crippen LogP contribution in [-0.2, 0) is 6.54 Å². The van der Waals surface area contributed by atoms with E-state index < -0.39 is 0 Å². The normalized spacial score (nSPS) is 10.4. The average molecular weight is 190 g/mol. The average Bonchev–Trinajstić information content (AvgIpc) is 2.68. The van der Waals surface area contributed by atoms with Crippen LogP contribution in [0.25, 0.3) is 11.5 Å². The summed E-state index contributed by atoms with van der Waals surface area (Å²) in [5, 5.41) is 6.76. The number of rotatable bonds is 3. The van der Waals surface area contributed by atoms with Crippen LogP contribution in [0.4, 0.5) is 0 Å². The summed E-state index contributed by atoms with van der Waals surface area (Å²) in [4.78, 5) is 8.11. The third-order valence-electron chi connectivity index (χ3n) is 1.73. The van der Waals surface area contributed by atoms with E-state index in [2.05, 4.69) is 20.4 Å². The van der Waals surface area contributed by atoms with Crippen LogP contribution in [-0.4, -0.2) is 22.2 Å². The first-order chi connectivity index (χ1) is 6.90. The Balaban J connectivity index is 2.25. The summed E-state index contributed by atoms with van der Waals surface area (Å²) in [6, 6.07) is 3.66. The van der Waals surface area contributed by atoms with Gasteiger partial charge in [-0.2, -0.15) is 4.98 Å². The molecule has 1 N–H and O–H groups in total. The number of aromatic nitrogens is 3. The van der Waals surface area contributed by atoms with Gasteiger partial charge < -0.3 is 9.84 Å². The van der Waals surface area contributed by atoms with Crippen molar-refractivity contribution in [1.29, 1.82) is 0 Å². The zero-order chi connectivity index (χ0) is 9.80. The number of hydrogen-bond donors (Lipinski definition) is 1. The van der Waals surface area contributed by atoms with Crippen molar-refractivity contribution in [3.63, 3.8) is 0 Å². The molecule has 0 aliphatic heterocycles. The molecule has 72 valence electrons. The SMILES string of the molecule is CNCc1noc(-c2ccncc2)n1. The van der Waals surface area contributed by atoms with Gasteiger partial charge in [0.25, 0.3) is 5.89 Å². The van der Waals surface area contributed by atoms with E-state index in [0.29, 0.717) is 18.3 Å². The molecule has 0 radical (unpaired) electrons. The summed E-state index contributed by atoms with van der Waals surface area (Å²) < 4.78 is 5.07. The van der Waals surface area contributed by atoms with Crippen LogP contribution >= 0.6 is 0 Å². The van der Waals surface area contributed by atoms with E-state index in [4.69, 9.17) is 4.52 Å². The molecule has 0 aliphatic rings. The van der Waals surface area contributed by atoms with Crippen LogP contribution in [0.2, 0.25) is 0 Å². The minimum absolute atomic E-state index is 0.526. The minimum Gasteiger partial charge on any atom is -0.334 e. The van der Waals surface area contributed by atoms with Gasteiger partial charge in [0.2, 0.25) is 0 Å². The molecule has 14 heavy (non-hydrogen) atoms.